The van der Waals surface area contributed by atoms with Crippen LogP contribution in [0.25, 0.3) is 0 Å². The summed E-state index contributed by atoms with van der Waals surface area (Å²) in [6.45, 7) is 8.00. The van der Waals surface area contributed by atoms with E-state index in [1.54, 1.807) is 0 Å². The Morgan fingerprint density at radius 2 is 1.18 bits per heavy atom. The molecule has 1 aromatic rings. The van der Waals surface area contributed by atoms with Crippen LogP contribution in [0, 0.1) is 30.3 Å². The third-order valence-electron chi connectivity index (χ3n) is 1.90. The van der Waals surface area contributed by atoms with Crippen LogP contribution in [-0.2, 0) is 0 Å². The third-order valence-corrected chi connectivity index (χ3v) is 1.90. The predicted molar refractivity (Wildman–Crippen MR) is 76.1 cm³/mol. The molecule has 0 spiro atoms. The van der Waals surface area contributed by atoms with Crippen LogP contribution in [0.4, 0.5) is 17.1 Å². The molecule has 0 radical (unpaired) electrons. The second-order valence-electron chi connectivity index (χ2n) is 2.94. The van der Waals surface area contributed by atoms with Crippen LogP contribution in [0.15, 0.2) is 12.1 Å². The van der Waals surface area contributed by atoms with Gasteiger partial charge in [0.1, 0.15) is 0 Å². The number of carboxylic acids is 1. The van der Waals surface area contributed by atoms with Gasteiger partial charge in [-0.25, -0.2) is 4.79 Å². The molecule has 122 valence electrons. The quantitative estimate of drug-likeness (QED) is 0.652. The second-order valence-corrected chi connectivity index (χ2v) is 2.94. The Labute approximate surface area is 124 Å². The Kier molecular flexibility index (Phi) is 9.38. The number of nitrogens with zero attached hydrogens (tertiary/aromatic N) is 3. The van der Waals surface area contributed by atoms with E-state index < -0.39 is 43.4 Å². The van der Waals surface area contributed by atoms with Crippen LogP contribution >= 0.6 is 0 Å². The highest BCUT2D eigenvalue weighted by Crippen LogP contribution is 2.33. The van der Waals surface area contributed by atoms with Gasteiger partial charge >= 0.3 is 5.97 Å². The van der Waals surface area contributed by atoms with Crippen molar-refractivity contribution < 1.29 is 24.7 Å². The molecule has 0 amide bonds. The summed E-state index contributed by atoms with van der Waals surface area (Å²) in [5.74, 6) is -1.91. The number of nitro groups is 3. The summed E-state index contributed by atoms with van der Waals surface area (Å²) in [5, 5.41) is 40.3. The number of aromatic carboxylic acids is 1. The fourth-order valence-corrected chi connectivity index (χ4v) is 1.21. The molecule has 0 saturated carbocycles. The molecule has 0 atom stereocenters. The molecule has 1 N–H and O–H groups in total. The van der Waals surface area contributed by atoms with Gasteiger partial charge in [0.05, 0.1) is 26.9 Å². The first kappa shape index (κ1) is 21.2. The van der Waals surface area contributed by atoms with Gasteiger partial charge in [0.15, 0.2) is 0 Å². The summed E-state index contributed by atoms with van der Waals surface area (Å²) in [6.07, 6.45) is 0. The van der Waals surface area contributed by atoms with Crippen molar-refractivity contribution >= 4 is 23.0 Å². The summed E-state index contributed by atoms with van der Waals surface area (Å²) < 4.78 is 0. The molecule has 22 heavy (non-hydrogen) atoms. The number of benzene rings is 1. The zero-order valence-corrected chi connectivity index (χ0v) is 12.3. The minimum atomic E-state index is -1.91. The maximum absolute atomic E-state index is 10.8. The van der Waals surface area contributed by atoms with Gasteiger partial charge in [-0.05, 0) is 0 Å². The average molecular weight is 317 g/mol. The predicted octanol–water partition coefficient (Wildman–Crippen LogP) is 3.16. The summed E-state index contributed by atoms with van der Waals surface area (Å²) in [4.78, 5) is 38.8. The summed E-state index contributed by atoms with van der Waals surface area (Å²) in [7, 11) is 0. The summed E-state index contributed by atoms with van der Waals surface area (Å²) >= 11 is 0. The molecule has 0 aliphatic heterocycles. The molecular formula is C11H15N3O8. The molecule has 0 fully saturated rings. The normalized spacial score (nSPS) is 8.55. The highest BCUT2D eigenvalue weighted by atomic mass is 16.6. The van der Waals surface area contributed by atoms with Gasteiger partial charge in [-0.2, -0.15) is 0 Å². The highest BCUT2D eigenvalue weighted by Gasteiger charge is 2.34. The van der Waals surface area contributed by atoms with E-state index in [1.165, 1.54) is 0 Å². The third kappa shape index (κ3) is 5.11. The Morgan fingerprint density at radius 1 is 0.864 bits per heavy atom. The van der Waals surface area contributed by atoms with E-state index in [-0.39, 0.29) is 0 Å². The lowest BCUT2D eigenvalue weighted by Gasteiger charge is -2.00. The smallest absolute Gasteiger partial charge is 0.349 e. The molecule has 1 aromatic carbocycles. The number of carboxylic acid groups (broad SMARTS) is 1. The topological polar surface area (TPSA) is 167 Å². The van der Waals surface area contributed by atoms with Gasteiger partial charge in [0, 0.05) is 0 Å². The van der Waals surface area contributed by atoms with Crippen molar-refractivity contribution in [3.63, 3.8) is 0 Å². The molecular weight excluding hydrogens is 302 g/mol. The fraction of sp³-hybridized carbons (Fsp3) is 0.364. The van der Waals surface area contributed by atoms with Crippen molar-refractivity contribution in [2.75, 3.05) is 0 Å². The van der Waals surface area contributed by atoms with E-state index in [2.05, 4.69) is 0 Å². The van der Waals surface area contributed by atoms with Crippen molar-refractivity contribution in [2.24, 2.45) is 0 Å². The number of hydrogen-bond acceptors (Lipinski definition) is 7. The van der Waals surface area contributed by atoms with Crippen molar-refractivity contribution in [2.45, 2.75) is 27.7 Å². The van der Waals surface area contributed by atoms with Gasteiger partial charge in [0.2, 0.25) is 5.56 Å². The molecule has 0 heterocycles. The maximum Gasteiger partial charge on any atom is 0.349 e. The molecule has 11 nitrogen and oxygen atoms in total. The lowest BCUT2D eigenvalue weighted by molar-refractivity contribution is -0.403. The summed E-state index contributed by atoms with van der Waals surface area (Å²) in [6, 6.07) is 0.715. The van der Waals surface area contributed by atoms with Crippen LogP contribution in [0.2, 0.25) is 0 Å². The molecule has 0 aliphatic rings. The Balaban J connectivity index is 0. The van der Waals surface area contributed by atoms with Crippen LogP contribution in [-0.4, -0.2) is 25.8 Å². The first-order valence-corrected chi connectivity index (χ1v) is 6.10. The molecule has 1 rings (SSSR count). The van der Waals surface area contributed by atoms with E-state index in [0.29, 0.717) is 12.1 Å². The standard InChI is InChI=1S/C7H3N3O8.2C2H6/c11-7(12)6-4(9(15)16)1-3(8(13)14)2-5(6)10(17)18;2*1-2/h1-2H,(H,11,12);2*1-2H3. The SMILES string of the molecule is CC.CC.O=C(O)c1c([N+](=O)[O-])cc([N+](=O)[O-])cc1[N+](=O)[O-]. The fourth-order valence-electron chi connectivity index (χ4n) is 1.21. The average Bonchev–Trinajstić information content (AvgIpc) is 2.49. The Morgan fingerprint density at radius 3 is 1.36 bits per heavy atom. The molecule has 0 aliphatic carbocycles. The lowest BCUT2D eigenvalue weighted by Crippen LogP contribution is -2.08. The molecule has 0 aromatic heterocycles. The van der Waals surface area contributed by atoms with Crippen molar-refractivity contribution in [1.29, 1.82) is 0 Å². The number of carbonyl (C=O) groups is 1. The first-order chi connectivity index (χ1) is 10.3. The highest BCUT2D eigenvalue weighted by molar-refractivity contribution is 5.97. The molecule has 0 bridgehead atoms. The largest absolute Gasteiger partial charge is 0.477 e. The van der Waals surface area contributed by atoms with Gasteiger partial charge in [0.25, 0.3) is 17.1 Å². The summed E-state index contributed by atoms with van der Waals surface area (Å²) in [5.41, 5.74) is -4.54. The van der Waals surface area contributed by atoms with Gasteiger partial charge in [-0.3, -0.25) is 30.3 Å². The van der Waals surface area contributed by atoms with Crippen molar-refractivity contribution in [3.05, 3.63) is 48.0 Å². The van der Waals surface area contributed by atoms with Gasteiger partial charge in [-0.15, -0.1) is 0 Å². The molecule has 0 saturated heterocycles. The van der Waals surface area contributed by atoms with E-state index >= 15 is 0 Å². The zero-order valence-electron chi connectivity index (χ0n) is 12.3. The number of hydrogen-bond donors (Lipinski definition) is 1. The van der Waals surface area contributed by atoms with Crippen LogP contribution in [0.1, 0.15) is 38.1 Å². The number of non-ortho nitro benzene ring substituents is 1. The Hall–Kier alpha value is -3.11. The number of rotatable bonds is 4. The van der Waals surface area contributed by atoms with E-state index in [1.807, 2.05) is 27.7 Å². The van der Waals surface area contributed by atoms with Crippen LogP contribution in [0.3, 0.4) is 0 Å². The monoisotopic (exact) mass is 317 g/mol. The first-order valence-electron chi connectivity index (χ1n) is 6.10. The van der Waals surface area contributed by atoms with Gasteiger partial charge < -0.3 is 5.11 Å². The van der Waals surface area contributed by atoms with E-state index in [0.717, 1.165) is 0 Å². The molecule has 0 unspecified atom stereocenters. The minimum Gasteiger partial charge on any atom is -0.477 e. The van der Waals surface area contributed by atoms with Crippen LogP contribution in [0.5, 0.6) is 0 Å². The van der Waals surface area contributed by atoms with E-state index in [9.17, 15) is 35.1 Å². The Bertz CT molecular complexity index is 550. The van der Waals surface area contributed by atoms with Crippen molar-refractivity contribution in [3.8, 4) is 0 Å². The minimum absolute atomic E-state index is 0.358. The number of nitro benzene ring substituents is 3. The molecule has 11 heteroatoms. The van der Waals surface area contributed by atoms with Crippen LogP contribution < -0.4 is 0 Å². The van der Waals surface area contributed by atoms with Gasteiger partial charge in [-0.1, -0.05) is 27.7 Å². The second kappa shape index (κ2) is 9.74. The van der Waals surface area contributed by atoms with E-state index in [4.69, 9.17) is 5.11 Å². The maximum atomic E-state index is 10.8. The zero-order chi connectivity index (χ0) is 18.0. The lowest BCUT2D eigenvalue weighted by atomic mass is 10.1. The van der Waals surface area contributed by atoms with Crippen molar-refractivity contribution in [1.82, 2.24) is 0 Å².